The summed E-state index contributed by atoms with van der Waals surface area (Å²) >= 11 is 0. The van der Waals surface area contributed by atoms with E-state index in [4.69, 9.17) is 5.11 Å². The molecule has 0 heterocycles. The van der Waals surface area contributed by atoms with Gasteiger partial charge in [-0.1, -0.05) is 43.3 Å². The molecule has 0 spiro atoms. The minimum Gasteiger partial charge on any atom is -0.392 e. The molecule has 2 rings (SSSR count). The van der Waals surface area contributed by atoms with Crippen molar-refractivity contribution in [1.29, 1.82) is 0 Å². The second kappa shape index (κ2) is 7.17. The molecular formula is C17H20FNO. The van der Waals surface area contributed by atoms with Gasteiger partial charge < -0.3 is 10.4 Å². The fraction of sp³-hybridized carbons (Fsp3) is 0.294. The number of aliphatic hydroxyl groups excluding tert-OH is 1. The van der Waals surface area contributed by atoms with E-state index in [-0.39, 0.29) is 18.5 Å². The molecule has 106 valence electrons. The molecule has 1 atom stereocenters. The van der Waals surface area contributed by atoms with Crippen LogP contribution in [0.2, 0.25) is 0 Å². The van der Waals surface area contributed by atoms with E-state index in [0.29, 0.717) is 0 Å². The summed E-state index contributed by atoms with van der Waals surface area (Å²) in [5.41, 5.74) is 3.03. The van der Waals surface area contributed by atoms with Crippen molar-refractivity contribution in [1.82, 2.24) is 5.32 Å². The van der Waals surface area contributed by atoms with E-state index in [1.807, 2.05) is 30.3 Å². The monoisotopic (exact) mass is 273 g/mol. The molecule has 1 unspecified atom stereocenters. The van der Waals surface area contributed by atoms with Crippen LogP contribution in [0, 0.1) is 5.82 Å². The van der Waals surface area contributed by atoms with Crippen LogP contribution in [0.3, 0.4) is 0 Å². The zero-order valence-electron chi connectivity index (χ0n) is 11.6. The van der Waals surface area contributed by atoms with Crippen molar-refractivity contribution in [3.05, 3.63) is 71.0 Å². The van der Waals surface area contributed by atoms with Crippen molar-refractivity contribution >= 4 is 0 Å². The quantitative estimate of drug-likeness (QED) is 0.843. The average Bonchev–Trinajstić information content (AvgIpc) is 2.48. The second-order valence-electron chi connectivity index (χ2n) is 4.87. The Morgan fingerprint density at radius 1 is 1.10 bits per heavy atom. The summed E-state index contributed by atoms with van der Waals surface area (Å²) in [6, 6.07) is 14.7. The molecule has 0 aliphatic rings. The van der Waals surface area contributed by atoms with Gasteiger partial charge in [0.15, 0.2) is 0 Å². The van der Waals surface area contributed by atoms with Crippen molar-refractivity contribution in [2.24, 2.45) is 0 Å². The summed E-state index contributed by atoms with van der Waals surface area (Å²) in [4.78, 5) is 0. The van der Waals surface area contributed by atoms with E-state index in [1.54, 1.807) is 12.1 Å². The lowest BCUT2D eigenvalue weighted by atomic mass is 10.0. The zero-order valence-corrected chi connectivity index (χ0v) is 11.6. The summed E-state index contributed by atoms with van der Waals surface area (Å²) in [5, 5.41) is 12.4. The molecule has 0 aliphatic carbocycles. The third-order valence-corrected chi connectivity index (χ3v) is 3.42. The first kappa shape index (κ1) is 14.7. The number of aliphatic hydroxyl groups is 1. The van der Waals surface area contributed by atoms with Gasteiger partial charge in [-0.05, 0) is 35.2 Å². The maximum atomic E-state index is 13.3. The van der Waals surface area contributed by atoms with E-state index in [0.717, 1.165) is 29.7 Å². The Kier molecular flexibility index (Phi) is 5.27. The molecule has 2 aromatic rings. The molecule has 0 aliphatic heterocycles. The topological polar surface area (TPSA) is 32.3 Å². The van der Waals surface area contributed by atoms with Crippen molar-refractivity contribution in [3.63, 3.8) is 0 Å². The zero-order chi connectivity index (χ0) is 14.4. The van der Waals surface area contributed by atoms with Gasteiger partial charge in [0.2, 0.25) is 0 Å². The minimum atomic E-state index is -0.199. The Labute approximate surface area is 119 Å². The summed E-state index contributed by atoms with van der Waals surface area (Å²) < 4.78 is 13.3. The highest BCUT2D eigenvalue weighted by atomic mass is 19.1. The van der Waals surface area contributed by atoms with Crippen molar-refractivity contribution < 1.29 is 9.50 Å². The van der Waals surface area contributed by atoms with Gasteiger partial charge >= 0.3 is 0 Å². The van der Waals surface area contributed by atoms with Crippen LogP contribution in [-0.4, -0.2) is 5.11 Å². The number of hydrogen-bond donors (Lipinski definition) is 2. The molecule has 3 heteroatoms. The number of benzene rings is 2. The Morgan fingerprint density at radius 3 is 2.40 bits per heavy atom. The maximum Gasteiger partial charge on any atom is 0.123 e. The molecular weight excluding hydrogens is 253 g/mol. The Hall–Kier alpha value is -1.71. The standard InChI is InChI=1S/C17H20FNO/c1-2-17(15-4-3-5-16(18)10-15)19-11-13-6-8-14(12-20)9-7-13/h3-10,17,19-20H,2,11-12H2,1H3. The van der Waals surface area contributed by atoms with Crippen LogP contribution in [0.25, 0.3) is 0 Å². The van der Waals surface area contributed by atoms with Crippen LogP contribution in [0.15, 0.2) is 48.5 Å². The lowest BCUT2D eigenvalue weighted by Crippen LogP contribution is -2.20. The average molecular weight is 273 g/mol. The predicted molar refractivity (Wildman–Crippen MR) is 78.6 cm³/mol. The second-order valence-corrected chi connectivity index (χ2v) is 4.87. The summed E-state index contributed by atoms with van der Waals surface area (Å²) in [6.07, 6.45) is 0.901. The first-order chi connectivity index (χ1) is 9.72. The molecule has 0 bridgehead atoms. The highest BCUT2D eigenvalue weighted by Crippen LogP contribution is 2.18. The largest absolute Gasteiger partial charge is 0.392 e. The van der Waals surface area contributed by atoms with Gasteiger partial charge in [0.1, 0.15) is 5.82 Å². The molecule has 0 amide bonds. The Balaban J connectivity index is 1.99. The summed E-state index contributed by atoms with van der Waals surface area (Å²) in [7, 11) is 0. The van der Waals surface area contributed by atoms with Crippen molar-refractivity contribution in [2.45, 2.75) is 32.5 Å². The smallest absolute Gasteiger partial charge is 0.123 e. The van der Waals surface area contributed by atoms with Gasteiger partial charge in [-0.2, -0.15) is 0 Å². The number of nitrogens with one attached hydrogen (secondary N) is 1. The van der Waals surface area contributed by atoms with Gasteiger partial charge in [-0.25, -0.2) is 4.39 Å². The van der Waals surface area contributed by atoms with Crippen LogP contribution in [0.4, 0.5) is 4.39 Å². The van der Waals surface area contributed by atoms with E-state index < -0.39 is 0 Å². The Bertz CT molecular complexity index is 539. The molecule has 2 nitrogen and oxygen atoms in total. The number of halogens is 1. The predicted octanol–water partition coefficient (Wildman–Crippen LogP) is 3.56. The third-order valence-electron chi connectivity index (χ3n) is 3.42. The highest BCUT2D eigenvalue weighted by Gasteiger charge is 2.09. The first-order valence-electron chi connectivity index (χ1n) is 6.90. The SMILES string of the molecule is CCC(NCc1ccc(CO)cc1)c1cccc(F)c1. The van der Waals surface area contributed by atoms with Crippen LogP contribution in [0.1, 0.15) is 36.1 Å². The van der Waals surface area contributed by atoms with E-state index >= 15 is 0 Å². The lowest BCUT2D eigenvalue weighted by molar-refractivity contribution is 0.282. The summed E-state index contributed by atoms with van der Waals surface area (Å²) in [6.45, 7) is 2.87. The van der Waals surface area contributed by atoms with Crippen LogP contribution < -0.4 is 5.32 Å². The fourth-order valence-corrected chi connectivity index (χ4v) is 2.22. The van der Waals surface area contributed by atoms with Crippen molar-refractivity contribution in [2.75, 3.05) is 0 Å². The van der Waals surface area contributed by atoms with Gasteiger partial charge in [-0.3, -0.25) is 0 Å². The normalized spacial score (nSPS) is 12.3. The first-order valence-corrected chi connectivity index (χ1v) is 6.90. The van der Waals surface area contributed by atoms with Gasteiger partial charge in [-0.15, -0.1) is 0 Å². The molecule has 2 N–H and O–H groups in total. The molecule has 0 fully saturated rings. The van der Waals surface area contributed by atoms with Crippen LogP contribution in [0.5, 0.6) is 0 Å². The third kappa shape index (κ3) is 3.89. The lowest BCUT2D eigenvalue weighted by Gasteiger charge is -2.17. The highest BCUT2D eigenvalue weighted by molar-refractivity contribution is 5.23. The number of hydrogen-bond acceptors (Lipinski definition) is 2. The molecule has 0 saturated carbocycles. The fourth-order valence-electron chi connectivity index (χ4n) is 2.22. The minimum absolute atomic E-state index is 0.0641. The summed E-state index contributed by atoms with van der Waals surface area (Å²) in [5.74, 6) is -0.199. The van der Waals surface area contributed by atoms with Crippen LogP contribution >= 0.6 is 0 Å². The van der Waals surface area contributed by atoms with Gasteiger partial charge in [0.25, 0.3) is 0 Å². The maximum absolute atomic E-state index is 13.3. The van der Waals surface area contributed by atoms with E-state index in [1.165, 1.54) is 6.07 Å². The van der Waals surface area contributed by atoms with Crippen LogP contribution in [-0.2, 0) is 13.2 Å². The molecule has 2 aromatic carbocycles. The molecule has 20 heavy (non-hydrogen) atoms. The van der Waals surface area contributed by atoms with Gasteiger partial charge in [0.05, 0.1) is 6.61 Å². The van der Waals surface area contributed by atoms with Gasteiger partial charge in [0, 0.05) is 12.6 Å². The molecule has 0 saturated heterocycles. The van der Waals surface area contributed by atoms with E-state index in [2.05, 4.69) is 12.2 Å². The number of rotatable bonds is 6. The molecule has 0 radical (unpaired) electrons. The molecule has 0 aromatic heterocycles. The van der Waals surface area contributed by atoms with E-state index in [9.17, 15) is 4.39 Å². The van der Waals surface area contributed by atoms with Crippen molar-refractivity contribution in [3.8, 4) is 0 Å². The Morgan fingerprint density at radius 2 is 1.80 bits per heavy atom.